The molecule has 0 atom stereocenters. The van der Waals surface area contributed by atoms with Crippen molar-refractivity contribution in [3.63, 3.8) is 0 Å². The summed E-state index contributed by atoms with van der Waals surface area (Å²) in [5.74, 6) is 0.742. The minimum atomic E-state index is -0.240. The summed E-state index contributed by atoms with van der Waals surface area (Å²) in [5.41, 5.74) is 4.89. The molecule has 0 spiro atoms. The fraction of sp³-hybridized carbons (Fsp3) is 0.250. The molecule has 1 fully saturated rings. The third-order valence-electron chi connectivity index (χ3n) is 6.63. The van der Waals surface area contributed by atoms with Crippen molar-refractivity contribution in [3.8, 4) is 11.3 Å². The van der Waals surface area contributed by atoms with Crippen molar-refractivity contribution in [1.82, 2.24) is 9.97 Å². The molecule has 0 unspecified atom stereocenters. The first kappa shape index (κ1) is 21.9. The maximum Gasteiger partial charge on any atom is 0.274 e. The zero-order valence-electron chi connectivity index (χ0n) is 19.2. The van der Waals surface area contributed by atoms with Crippen molar-refractivity contribution in [2.24, 2.45) is 11.8 Å². The summed E-state index contributed by atoms with van der Waals surface area (Å²) in [6.45, 7) is 2.26. The number of aromatic nitrogens is 2. The van der Waals surface area contributed by atoms with Crippen LogP contribution in [0.5, 0.6) is 0 Å². The lowest BCUT2D eigenvalue weighted by Gasteiger charge is -2.25. The lowest BCUT2D eigenvalue weighted by Crippen LogP contribution is -2.26. The molecule has 0 saturated heterocycles. The van der Waals surface area contributed by atoms with Gasteiger partial charge in [-0.25, -0.2) is 0 Å². The van der Waals surface area contributed by atoms with E-state index in [0.717, 1.165) is 59.4 Å². The lowest BCUT2D eigenvalue weighted by molar-refractivity contribution is -0.121. The van der Waals surface area contributed by atoms with Gasteiger partial charge in [0.05, 0.1) is 0 Å². The van der Waals surface area contributed by atoms with Gasteiger partial charge in [-0.15, -0.1) is 0 Å². The van der Waals surface area contributed by atoms with Gasteiger partial charge in [0.1, 0.15) is 5.69 Å². The average molecular weight is 453 g/mol. The topological polar surface area (TPSA) is 86.9 Å². The van der Waals surface area contributed by atoms with Gasteiger partial charge in [0.25, 0.3) is 5.91 Å². The van der Waals surface area contributed by atoms with Gasteiger partial charge in [0, 0.05) is 40.1 Å². The van der Waals surface area contributed by atoms with Crippen LogP contribution in [-0.4, -0.2) is 21.8 Å². The number of hydrogen-bond acceptors (Lipinski definition) is 3. The van der Waals surface area contributed by atoms with Crippen LogP contribution in [0.1, 0.15) is 43.1 Å². The Kier molecular flexibility index (Phi) is 6.12. The second-order valence-corrected chi connectivity index (χ2v) is 9.18. The van der Waals surface area contributed by atoms with Crippen molar-refractivity contribution < 1.29 is 9.59 Å². The summed E-state index contributed by atoms with van der Waals surface area (Å²) >= 11 is 0. The van der Waals surface area contributed by atoms with Gasteiger partial charge in [-0.1, -0.05) is 25.1 Å². The third kappa shape index (κ3) is 4.86. The van der Waals surface area contributed by atoms with Crippen molar-refractivity contribution in [2.75, 3.05) is 10.6 Å². The quantitative estimate of drug-likeness (QED) is 0.335. The highest BCUT2D eigenvalue weighted by molar-refractivity contribution is 6.04. The van der Waals surface area contributed by atoms with Crippen LogP contribution in [0.25, 0.3) is 22.2 Å². The number of pyridine rings is 1. The molecule has 34 heavy (non-hydrogen) atoms. The zero-order valence-corrected chi connectivity index (χ0v) is 19.2. The first-order chi connectivity index (χ1) is 16.5. The molecular weight excluding hydrogens is 424 g/mol. The Bertz CT molecular complexity index is 1300. The molecule has 1 aliphatic carbocycles. The van der Waals surface area contributed by atoms with Crippen LogP contribution in [0, 0.1) is 11.8 Å². The largest absolute Gasteiger partial charge is 0.355 e. The van der Waals surface area contributed by atoms with Crippen molar-refractivity contribution >= 4 is 34.1 Å². The molecule has 2 aromatic carbocycles. The van der Waals surface area contributed by atoms with Gasteiger partial charge in [-0.3, -0.25) is 14.6 Å². The fourth-order valence-corrected chi connectivity index (χ4v) is 4.56. The summed E-state index contributed by atoms with van der Waals surface area (Å²) in [4.78, 5) is 32.5. The molecule has 1 aliphatic rings. The van der Waals surface area contributed by atoms with Crippen LogP contribution in [-0.2, 0) is 4.79 Å². The number of carbonyl (C=O) groups is 2. The van der Waals surface area contributed by atoms with Crippen LogP contribution in [0.3, 0.4) is 0 Å². The Morgan fingerprint density at radius 1 is 0.882 bits per heavy atom. The fourth-order valence-electron chi connectivity index (χ4n) is 4.56. The number of nitrogens with one attached hydrogen (secondary N) is 3. The van der Waals surface area contributed by atoms with Crippen LogP contribution in [0.15, 0.2) is 72.9 Å². The summed E-state index contributed by atoms with van der Waals surface area (Å²) in [7, 11) is 0. The predicted molar refractivity (Wildman–Crippen MR) is 136 cm³/mol. The first-order valence-corrected chi connectivity index (χ1v) is 11.8. The molecule has 3 N–H and O–H groups in total. The Morgan fingerprint density at radius 2 is 1.65 bits per heavy atom. The van der Waals surface area contributed by atoms with E-state index >= 15 is 0 Å². The first-order valence-electron chi connectivity index (χ1n) is 11.8. The van der Waals surface area contributed by atoms with Gasteiger partial charge < -0.3 is 15.6 Å². The summed E-state index contributed by atoms with van der Waals surface area (Å²) < 4.78 is 0. The highest BCUT2D eigenvalue weighted by Crippen LogP contribution is 2.30. The molecule has 172 valence electrons. The Morgan fingerprint density at radius 3 is 2.38 bits per heavy atom. The molecule has 6 heteroatoms. The number of fused-ring (bicyclic) bond motifs is 1. The van der Waals surface area contributed by atoms with E-state index in [-0.39, 0.29) is 17.7 Å². The van der Waals surface area contributed by atoms with E-state index in [1.807, 2.05) is 42.5 Å². The molecule has 0 bridgehead atoms. The Balaban J connectivity index is 1.26. The molecule has 0 aliphatic heterocycles. The zero-order chi connectivity index (χ0) is 23.5. The predicted octanol–water partition coefficient (Wildman–Crippen LogP) is 6.25. The lowest BCUT2D eigenvalue weighted by atomic mass is 9.82. The molecule has 2 heterocycles. The number of rotatable bonds is 5. The molecule has 0 radical (unpaired) electrons. The Hall–Kier alpha value is -3.93. The van der Waals surface area contributed by atoms with Crippen molar-refractivity contribution in [2.45, 2.75) is 32.6 Å². The monoisotopic (exact) mass is 452 g/mol. The smallest absolute Gasteiger partial charge is 0.274 e. The molecule has 2 amide bonds. The normalized spacial score (nSPS) is 17.9. The maximum atomic E-state index is 12.6. The van der Waals surface area contributed by atoms with E-state index < -0.39 is 0 Å². The molecular formula is C28H28N4O2. The minimum Gasteiger partial charge on any atom is -0.355 e. The van der Waals surface area contributed by atoms with Crippen LogP contribution in [0.4, 0.5) is 11.4 Å². The van der Waals surface area contributed by atoms with E-state index in [2.05, 4.69) is 33.6 Å². The number of hydrogen-bond donors (Lipinski definition) is 3. The van der Waals surface area contributed by atoms with E-state index in [4.69, 9.17) is 0 Å². The van der Waals surface area contributed by atoms with Crippen LogP contribution in [0.2, 0.25) is 0 Å². The number of benzene rings is 2. The number of aromatic amines is 1. The van der Waals surface area contributed by atoms with Gasteiger partial charge in [0.15, 0.2) is 0 Å². The van der Waals surface area contributed by atoms with E-state index in [1.54, 1.807) is 24.4 Å². The van der Waals surface area contributed by atoms with E-state index in [1.165, 1.54) is 0 Å². The Labute approximate surface area is 198 Å². The highest BCUT2D eigenvalue weighted by atomic mass is 16.2. The van der Waals surface area contributed by atoms with Crippen molar-refractivity contribution in [3.05, 3.63) is 78.6 Å². The van der Waals surface area contributed by atoms with Gasteiger partial charge >= 0.3 is 0 Å². The highest BCUT2D eigenvalue weighted by Gasteiger charge is 2.24. The number of nitrogens with zero attached hydrogens (tertiary/aromatic N) is 1. The minimum absolute atomic E-state index is 0.122. The number of amides is 2. The maximum absolute atomic E-state index is 12.6. The van der Waals surface area contributed by atoms with Gasteiger partial charge in [-0.05, 0) is 85.7 Å². The second kappa shape index (κ2) is 9.51. The van der Waals surface area contributed by atoms with Crippen LogP contribution >= 0.6 is 0 Å². The third-order valence-corrected chi connectivity index (χ3v) is 6.63. The van der Waals surface area contributed by atoms with Crippen LogP contribution < -0.4 is 10.6 Å². The molecule has 2 aromatic heterocycles. The average Bonchev–Trinajstić information content (AvgIpc) is 3.29. The van der Waals surface area contributed by atoms with E-state index in [0.29, 0.717) is 11.4 Å². The second-order valence-electron chi connectivity index (χ2n) is 9.18. The number of anilines is 2. The SMILES string of the molecule is CC1CCC(C(=O)Nc2ccc(-c3cc4cc(NC(=O)c5ccccn5)ccc4[nH]3)cc2)CC1. The number of H-pyrrole nitrogens is 1. The molecule has 1 saturated carbocycles. The molecule has 5 rings (SSSR count). The summed E-state index contributed by atoms with van der Waals surface area (Å²) in [5, 5.41) is 6.97. The molecule has 6 nitrogen and oxygen atoms in total. The van der Waals surface area contributed by atoms with Gasteiger partial charge in [-0.2, -0.15) is 0 Å². The van der Waals surface area contributed by atoms with E-state index in [9.17, 15) is 9.59 Å². The standard InChI is InChI=1S/C28H28N4O2/c1-18-5-7-20(8-6-18)27(33)30-22-11-9-19(10-12-22)26-17-21-16-23(13-14-24(21)32-26)31-28(34)25-4-2-3-15-29-25/h2-4,9-18,20,32H,5-8H2,1H3,(H,30,33)(H,31,34). The van der Waals surface area contributed by atoms with Crippen molar-refractivity contribution in [1.29, 1.82) is 0 Å². The summed E-state index contributed by atoms with van der Waals surface area (Å²) in [6.07, 6.45) is 5.82. The summed E-state index contributed by atoms with van der Waals surface area (Å²) in [6, 6.07) is 21.0. The molecule has 4 aromatic rings. The van der Waals surface area contributed by atoms with Gasteiger partial charge in [0.2, 0.25) is 5.91 Å². The number of carbonyl (C=O) groups excluding carboxylic acids is 2.